The Bertz CT molecular complexity index is 1840. The van der Waals surface area contributed by atoms with Crippen LogP contribution in [0.15, 0.2) is 18.3 Å². The lowest BCUT2D eigenvalue weighted by Gasteiger charge is -2.42. The highest BCUT2D eigenvalue weighted by molar-refractivity contribution is 6.30. The number of nitrogens with zero attached hydrogens (tertiary/aromatic N) is 7. The molecule has 3 aromatic rings. The van der Waals surface area contributed by atoms with E-state index < -0.39 is 46.1 Å². The number of carbonyl (C=O) groups is 2. The van der Waals surface area contributed by atoms with Crippen molar-refractivity contribution in [2.24, 2.45) is 0 Å². The summed E-state index contributed by atoms with van der Waals surface area (Å²) in [6.45, 7) is 11.4. The standard InChI is InChI=1S/C35H42ClF2N7O6/c1-33(2,3)50-31(46)45(32(47)51-34(4,5)6)27-19(9-7-13-39-27)16-44-21-10-11-22(21)49-29-23-25(24(38)26(36)41-29)40-30(42-28(23)44)48-18-35-12-8-14-43(35)17-20(37)15-35/h7,9,13,20-22H,8,10-12,14-18H2,1-6H3/t20-,21-,22+,35+/m1/s1. The van der Waals surface area contributed by atoms with Crippen LogP contribution >= 0.6 is 11.6 Å². The molecule has 0 aromatic carbocycles. The second-order valence-corrected chi connectivity index (χ2v) is 16.0. The summed E-state index contributed by atoms with van der Waals surface area (Å²) in [4.78, 5) is 50.0. The first-order valence-corrected chi connectivity index (χ1v) is 17.6. The lowest BCUT2D eigenvalue weighted by Crippen LogP contribution is -2.52. The predicted octanol–water partition coefficient (Wildman–Crippen LogP) is 6.77. The number of ether oxygens (including phenoxy) is 4. The van der Waals surface area contributed by atoms with Gasteiger partial charge < -0.3 is 23.8 Å². The predicted molar refractivity (Wildman–Crippen MR) is 184 cm³/mol. The summed E-state index contributed by atoms with van der Waals surface area (Å²) in [6, 6.07) is 3.02. The van der Waals surface area contributed by atoms with Gasteiger partial charge in [-0.3, -0.25) is 4.90 Å². The zero-order chi connectivity index (χ0) is 36.5. The topological polar surface area (TPSA) is 132 Å². The molecule has 0 unspecified atom stereocenters. The highest BCUT2D eigenvalue weighted by Gasteiger charge is 2.50. The van der Waals surface area contributed by atoms with E-state index in [4.69, 9.17) is 35.5 Å². The van der Waals surface area contributed by atoms with Gasteiger partial charge in [0.15, 0.2) is 16.8 Å². The number of fused-ring (bicyclic) bond motifs is 2. The molecule has 6 heterocycles. The van der Waals surface area contributed by atoms with E-state index in [0.717, 1.165) is 24.3 Å². The number of aromatic nitrogens is 4. The third-order valence-corrected chi connectivity index (χ3v) is 9.84. The minimum absolute atomic E-state index is 0.00752. The molecule has 274 valence electrons. The summed E-state index contributed by atoms with van der Waals surface area (Å²) >= 11 is 6.27. The van der Waals surface area contributed by atoms with E-state index in [-0.39, 0.29) is 59.7 Å². The van der Waals surface area contributed by atoms with Crippen molar-refractivity contribution in [3.8, 4) is 11.9 Å². The SMILES string of the molecule is CC(C)(C)OC(=O)N(C(=O)OC(C)(C)C)c1ncccc1CN1c2nc(OC[C@@]34CCCN3C[C@H](F)C4)nc3c(F)c(Cl)nc(c23)O[C@H]2CC[C@H]21. The number of pyridine rings is 2. The highest BCUT2D eigenvalue weighted by Crippen LogP contribution is 2.46. The molecule has 4 aliphatic rings. The Morgan fingerprint density at radius 1 is 1.10 bits per heavy atom. The van der Waals surface area contributed by atoms with Gasteiger partial charge in [-0.1, -0.05) is 17.7 Å². The highest BCUT2D eigenvalue weighted by atomic mass is 35.5. The molecular formula is C35H42ClF2N7O6. The van der Waals surface area contributed by atoms with Crippen molar-refractivity contribution < 1.29 is 37.3 Å². The zero-order valence-corrected chi connectivity index (χ0v) is 30.3. The van der Waals surface area contributed by atoms with Gasteiger partial charge >= 0.3 is 18.2 Å². The van der Waals surface area contributed by atoms with Crippen LogP contribution in [0.4, 0.5) is 30.0 Å². The molecule has 1 aliphatic carbocycles. The Morgan fingerprint density at radius 3 is 2.49 bits per heavy atom. The van der Waals surface area contributed by atoms with E-state index >= 15 is 4.39 Å². The maximum absolute atomic E-state index is 15.8. The first kappa shape index (κ1) is 35.3. The zero-order valence-electron chi connectivity index (χ0n) is 29.5. The van der Waals surface area contributed by atoms with Crippen molar-refractivity contribution in [1.82, 2.24) is 24.8 Å². The molecule has 2 amide bonds. The van der Waals surface area contributed by atoms with Gasteiger partial charge in [-0.25, -0.2) is 23.4 Å². The minimum Gasteiger partial charge on any atom is -0.472 e. The van der Waals surface area contributed by atoms with Crippen molar-refractivity contribution in [2.75, 3.05) is 29.5 Å². The minimum atomic E-state index is -0.966. The molecule has 0 radical (unpaired) electrons. The first-order chi connectivity index (χ1) is 24.0. The second kappa shape index (κ2) is 12.8. The summed E-state index contributed by atoms with van der Waals surface area (Å²) in [7, 11) is 0. The number of rotatable bonds is 6. The third kappa shape index (κ3) is 6.82. The van der Waals surface area contributed by atoms with Crippen LogP contribution in [-0.4, -0.2) is 91.8 Å². The van der Waals surface area contributed by atoms with Gasteiger partial charge in [-0.2, -0.15) is 19.9 Å². The molecule has 51 heavy (non-hydrogen) atoms. The molecule has 2 saturated heterocycles. The Labute approximate surface area is 299 Å². The molecular weight excluding hydrogens is 688 g/mol. The van der Waals surface area contributed by atoms with Crippen molar-refractivity contribution in [3.63, 3.8) is 0 Å². The number of alkyl halides is 1. The van der Waals surface area contributed by atoms with Crippen LogP contribution in [0, 0.1) is 5.82 Å². The average Bonchev–Trinajstić information content (AvgIpc) is 3.52. The summed E-state index contributed by atoms with van der Waals surface area (Å²) in [6.07, 6.45) is 1.59. The molecule has 13 nitrogen and oxygen atoms in total. The van der Waals surface area contributed by atoms with Gasteiger partial charge in [0.05, 0.1) is 11.6 Å². The Morgan fingerprint density at radius 2 is 1.82 bits per heavy atom. The number of anilines is 2. The molecule has 0 spiro atoms. The molecule has 3 aliphatic heterocycles. The molecule has 16 heteroatoms. The third-order valence-electron chi connectivity index (χ3n) is 9.59. The van der Waals surface area contributed by atoms with Crippen molar-refractivity contribution in [2.45, 2.75) is 115 Å². The van der Waals surface area contributed by atoms with Gasteiger partial charge in [-0.05, 0) is 79.8 Å². The molecule has 0 bridgehead atoms. The lowest BCUT2D eigenvalue weighted by molar-refractivity contribution is 0.0428. The largest absolute Gasteiger partial charge is 0.472 e. The second-order valence-electron chi connectivity index (χ2n) is 15.7. The molecule has 0 N–H and O–H groups in total. The number of halogens is 3. The van der Waals surface area contributed by atoms with Crippen LogP contribution < -0.4 is 19.3 Å². The fourth-order valence-electron chi connectivity index (χ4n) is 7.32. The van der Waals surface area contributed by atoms with Crippen LogP contribution in [0.5, 0.6) is 11.9 Å². The number of hydrogen-bond donors (Lipinski definition) is 0. The lowest BCUT2D eigenvalue weighted by atomic mass is 9.87. The van der Waals surface area contributed by atoms with Gasteiger partial charge in [0, 0.05) is 31.3 Å². The average molecular weight is 730 g/mol. The Hall–Kier alpha value is -4.11. The van der Waals surface area contributed by atoms with E-state index in [1.165, 1.54) is 6.20 Å². The van der Waals surface area contributed by atoms with Crippen LogP contribution in [0.25, 0.3) is 10.9 Å². The monoisotopic (exact) mass is 729 g/mol. The number of imide groups is 1. The molecule has 7 rings (SSSR count). The summed E-state index contributed by atoms with van der Waals surface area (Å²) in [5.74, 6) is -0.518. The Balaban J connectivity index is 1.31. The van der Waals surface area contributed by atoms with Gasteiger partial charge in [0.1, 0.15) is 46.8 Å². The van der Waals surface area contributed by atoms with Crippen LogP contribution in [0.1, 0.15) is 79.2 Å². The van der Waals surface area contributed by atoms with E-state index in [0.29, 0.717) is 31.4 Å². The molecule has 4 atom stereocenters. The quantitative estimate of drug-likeness (QED) is 0.248. The van der Waals surface area contributed by atoms with E-state index in [1.54, 1.807) is 53.7 Å². The van der Waals surface area contributed by atoms with E-state index in [9.17, 15) is 14.0 Å². The fraction of sp³-hybridized carbons (Fsp3) is 0.600. The van der Waals surface area contributed by atoms with Crippen molar-refractivity contribution in [3.05, 3.63) is 34.9 Å². The van der Waals surface area contributed by atoms with Gasteiger partial charge in [-0.15, -0.1) is 0 Å². The van der Waals surface area contributed by atoms with Crippen LogP contribution in [-0.2, 0) is 16.0 Å². The summed E-state index contributed by atoms with van der Waals surface area (Å²) < 4.78 is 54.1. The maximum Gasteiger partial charge on any atom is 0.425 e. The summed E-state index contributed by atoms with van der Waals surface area (Å²) in [5, 5.41) is -0.209. The fourth-order valence-corrected chi connectivity index (χ4v) is 7.49. The summed E-state index contributed by atoms with van der Waals surface area (Å²) in [5.41, 5.74) is -2.05. The van der Waals surface area contributed by atoms with Gasteiger partial charge in [0.2, 0.25) is 5.88 Å². The molecule has 3 aromatic heterocycles. The van der Waals surface area contributed by atoms with Gasteiger partial charge in [0.25, 0.3) is 0 Å². The maximum atomic E-state index is 15.8. The smallest absolute Gasteiger partial charge is 0.425 e. The Kier molecular flexibility index (Phi) is 8.88. The molecule has 1 saturated carbocycles. The van der Waals surface area contributed by atoms with Crippen LogP contribution in [0.3, 0.4) is 0 Å². The number of amides is 2. The first-order valence-electron chi connectivity index (χ1n) is 17.2. The normalized spacial score (nSPS) is 24.3. The van der Waals surface area contributed by atoms with Crippen molar-refractivity contribution >= 4 is 46.3 Å². The number of hydrogen-bond acceptors (Lipinski definition) is 12. The van der Waals surface area contributed by atoms with Crippen LogP contribution in [0.2, 0.25) is 5.15 Å². The van der Waals surface area contributed by atoms with E-state index in [1.807, 2.05) is 4.90 Å². The number of carbonyl (C=O) groups excluding carboxylic acids is 2. The van der Waals surface area contributed by atoms with E-state index in [2.05, 4.69) is 19.9 Å². The van der Waals surface area contributed by atoms with Crippen molar-refractivity contribution in [1.29, 1.82) is 0 Å². The molecule has 3 fully saturated rings.